The lowest BCUT2D eigenvalue weighted by Crippen LogP contribution is -2.67. The third-order valence-electron chi connectivity index (χ3n) is 8.31. The molecule has 2 N–H and O–H groups in total. The van der Waals surface area contributed by atoms with Gasteiger partial charge in [0.2, 0.25) is 5.95 Å². The van der Waals surface area contributed by atoms with E-state index < -0.39 is 0 Å². The predicted octanol–water partition coefficient (Wildman–Crippen LogP) is 3.35. The van der Waals surface area contributed by atoms with Gasteiger partial charge in [-0.2, -0.15) is 4.98 Å². The maximum Gasteiger partial charge on any atom is 0.270 e. The van der Waals surface area contributed by atoms with Crippen molar-refractivity contribution in [1.29, 1.82) is 0 Å². The van der Waals surface area contributed by atoms with Crippen molar-refractivity contribution in [2.24, 2.45) is 11.8 Å². The molecular weight excluding hydrogens is 426 g/mol. The van der Waals surface area contributed by atoms with Gasteiger partial charge in [-0.3, -0.25) is 4.79 Å². The second-order valence-corrected chi connectivity index (χ2v) is 10.5. The van der Waals surface area contributed by atoms with Crippen LogP contribution in [0.4, 0.5) is 17.3 Å². The quantitative estimate of drug-likeness (QED) is 0.609. The molecule has 4 aliphatic rings. The Kier molecular flexibility index (Phi) is 4.85. The predicted molar refractivity (Wildman–Crippen MR) is 135 cm³/mol. The zero-order valence-corrected chi connectivity index (χ0v) is 20.4. The van der Waals surface area contributed by atoms with Crippen molar-refractivity contribution in [3.8, 4) is 0 Å². The van der Waals surface area contributed by atoms with Crippen molar-refractivity contribution in [3.05, 3.63) is 41.7 Å². The van der Waals surface area contributed by atoms with Crippen molar-refractivity contribution < 1.29 is 4.79 Å². The highest BCUT2D eigenvalue weighted by Gasteiger charge is 2.65. The van der Waals surface area contributed by atoms with E-state index in [1.165, 1.54) is 11.3 Å². The van der Waals surface area contributed by atoms with E-state index in [1.54, 1.807) is 19.0 Å². The Balaban J connectivity index is 1.34. The Morgan fingerprint density at radius 1 is 1.21 bits per heavy atom. The topological polar surface area (TPSA) is 78.3 Å². The molecule has 178 valence electrons. The molecule has 4 fully saturated rings. The standard InChI is InChI=1S/C26H33N7O/c1-16-11-20(5-6-21(16)32-9-7-27-8-10-32)29-25-28-15-18-12-22(24(34)31(3)4)33(23(18)30-25)26-13-19(14-26)17(26)2/h5-6,11-12,15,17,19,27H,7-10,13-14H2,1-4H3,(H,28,29,30)/t17-,19?,26?/m1/s1. The number of benzene rings is 1. The Morgan fingerprint density at radius 2 is 1.97 bits per heavy atom. The Bertz CT molecular complexity index is 1270. The molecule has 3 heterocycles. The third-order valence-corrected chi connectivity index (χ3v) is 8.31. The van der Waals surface area contributed by atoms with Gasteiger partial charge < -0.3 is 25.0 Å². The summed E-state index contributed by atoms with van der Waals surface area (Å²) in [4.78, 5) is 26.6. The monoisotopic (exact) mass is 459 g/mol. The molecule has 0 unspecified atom stereocenters. The summed E-state index contributed by atoms with van der Waals surface area (Å²) in [5.41, 5.74) is 5.06. The molecule has 1 saturated heterocycles. The second-order valence-electron chi connectivity index (χ2n) is 10.5. The minimum atomic E-state index is 0.0145. The third kappa shape index (κ3) is 3.11. The number of fused-ring (bicyclic) bond motifs is 1. The lowest BCUT2D eigenvalue weighted by molar-refractivity contribution is -0.160. The number of aromatic nitrogens is 3. The average Bonchev–Trinajstić information content (AvgIpc) is 3.16. The van der Waals surface area contributed by atoms with Crippen molar-refractivity contribution in [3.63, 3.8) is 0 Å². The molecular formula is C26H33N7O. The van der Waals surface area contributed by atoms with Gasteiger partial charge in [-0.25, -0.2) is 4.98 Å². The van der Waals surface area contributed by atoms with E-state index in [-0.39, 0.29) is 11.4 Å². The van der Waals surface area contributed by atoms with Crippen LogP contribution in [0.2, 0.25) is 0 Å². The molecule has 3 aliphatic carbocycles. The number of carbonyl (C=O) groups is 1. The van der Waals surface area contributed by atoms with E-state index in [0.29, 0.717) is 17.6 Å². The van der Waals surface area contributed by atoms with E-state index in [1.807, 2.05) is 12.3 Å². The first-order valence-corrected chi connectivity index (χ1v) is 12.3. The molecule has 2 aromatic heterocycles. The minimum absolute atomic E-state index is 0.0145. The first-order chi connectivity index (χ1) is 16.4. The van der Waals surface area contributed by atoms with Crippen molar-refractivity contribution >= 4 is 34.3 Å². The zero-order chi connectivity index (χ0) is 23.6. The SMILES string of the molecule is Cc1cc(Nc2ncc3cc(C(=O)N(C)C)n(C45CC(C4)[C@H]5C)c3n2)ccc1N1CCNCC1. The Morgan fingerprint density at radius 3 is 2.59 bits per heavy atom. The number of hydrogen-bond donors (Lipinski definition) is 2. The maximum atomic E-state index is 13.1. The highest BCUT2D eigenvalue weighted by Crippen LogP contribution is 2.67. The number of rotatable bonds is 5. The Labute approximate surface area is 200 Å². The Hall–Kier alpha value is -3.13. The largest absolute Gasteiger partial charge is 0.369 e. The van der Waals surface area contributed by atoms with Crippen LogP contribution in [-0.4, -0.2) is 65.6 Å². The fourth-order valence-electron chi connectivity index (χ4n) is 6.09. The highest BCUT2D eigenvalue weighted by atomic mass is 16.2. The van der Waals surface area contributed by atoms with Gasteiger partial charge >= 0.3 is 0 Å². The zero-order valence-electron chi connectivity index (χ0n) is 20.4. The fraction of sp³-hybridized carbons (Fsp3) is 0.500. The van der Waals surface area contributed by atoms with E-state index in [0.717, 1.165) is 61.7 Å². The molecule has 3 saturated carbocycles. The lowest BCUT2D eigenvalue weighted by Gasteiger charge is -2.68. The minimum Gasteiger partial charge on any atom is -0.369 e. The molecule has 34 heavy (non-hydrogen) atoms. The summed E-state index contributed by atoms with van der Waals surface area (Å²) in [7, 11) is 3.61. The van der Waals surface area contributed by atoms with Gasteiger partial charge in [0.25, 0.3) is 5.91 Å². The van der Waals surface area contributed by atoms with Gasteiger partial charge in [-0.1, -0.05) is 6.92 Å². The van der Waals surface area contributed by atoms with Gasteiger partial charge in [0.1, 0.15) is 11.3 Å². The number of piperazine rings is 1. The van der Waals surface area contributed by atoms with E-state index in [4.69, 9.17) is 4.98 Å². The molecule has 3 aromatic rings. The van der Waals surface area contributed by atoms with Crippen LogP contribution in [0, 0.1) is 18.8 Å². The molecule has 8 nitrogen and oxygen atoms in total. The summed E-state index contributed by atoms with van der Waals surface area (Å²) in [6, 6.07) is 8.40. The highest BCUT2D eigenvalue weighted by molar-refractivity contribution is 5.98. The number of hydrogen-bond acceptors (Lipinski definition) is 6. The molecule has 1 atom stereocenters. The molecule has 7 rings (SSSR count). The first-order valence-electron chi connectivity index (χ1n) is 12.3. The summed E-state index contributed by atoms with van der Waals surface area (Å²) in [6.45, 7) is 8.55. The number of amides is 1. The van der Waals surface area contributed by atoms with E-state index in [9.17, 15) is 4.79 Å². The van der Waals surface area contributed by atoms with Crippen LogP contribution in [0.5, 0.6) is 0 Å². The van der Waals surface area contributed by atoms with Crippen LogP contribution in [0.15, 0.2) is 30.5 Å². The van der Waals surface area contributed by atoms with Gasteiger partial charge in [0, 0.05) is 63.2 Å². The number of aryl methyl sites for hydroxylation is 1. The number of nitrogens with zero attached hydrogens (tertiary/aromatic N) is 5. The molecule has 8 heteroatoms. The maximum absolute atomic E-state index is 13.1. The van der Waals surface area contributed by atoms with Crippen molar-refractivity contribution in [2.45, 2.75) is 32.2 Å². The molecule has 1 aromatic carbocycles. The van der Waals surface area contributed by atoms with Crippen molar-refractivity contribution in [1.82, 2.24) is 24.8 Å². The molecule has 0 spiro atoms. The summed E-state index contributed by atoms with van der Waals surface area (Å²) in [6.07, 6.45) is 4.10. The summed E-state index contributed by atoms with van der Waals surface area (Å²) < 4.78 is 2.22. The van der Waals surface area contributed by atoms with Gasteiger partial charge in [0.05, 0.1) is 5.54 Å². The smallest absolute Gasteiger partial charge is 0.270 e. The van der Waals surface area contributed by atoms with E-state index in [2.05, 4.69) is 57.1 Å². The summed E-state index contributed by atoms with van der Waals surface area (Å²) >= 11 is 0. The van der Waals surface area contributed by atoms with Crippen LogP contribution >= 0.6 is 0 Å². The average molecular weight is 460 g/mol. The molecule has 1 aliphatic heterocycles. The summed E-state index contributed by atoms with van der Waals surface area (Å²) in [5, 5.41) is 7.73. The van der Waals surface area contributed by atoms with Crippen LogP contribution in [0.25, 0.3) is 11.0 Å². The number of nitrogens with one attached hydrogen (secondary N) is 2. The summed E-state index contributed by atoms with van der Waals surface area (Å²) in [5.74, 6) is 1.92. The van der Waals surface area contributed by atoms with Crippen LogP contribution in [0.1, 0.15) is 35.8 Å². The van der Waals surface area contributed by atoms with Gasteiger partial charge in [-0.15, -0.1) is 0 Å². The van der Waals surface area contributed by atoms with Crippen LogP contribution < -0.4 is 15.5 Å². The number of carbonyl (C=O) groups excluding carboxylic acids is 1. The molecule has 0 radical (unpaired) electrons. The lowest BCUT2D eigenvalue weighted by atomic mass is 9.42. The molecule has 1 amide bonds. The van der Waals surface area contributed by atoms with Crippen LogP contribution in [-0.2, 0) is 5.54 Å². The first kappa shape index (κ1) is 21.4. The van der Waals surface area contributed by atoms with Crippen LogP contribution in [0.3, 0.4) is 0 Å². The van der Waals surface area contributed by atoms with Crippen molar-refractivity contribution in [2.75, 3.05) is 50.5 Å². The van der Waals surface area contributed by atoms with Gasteiger partial charge in [-0.05, 0) is 61.4 Å². The van der Waals surface area contributed by atoms with Gasteiger partial charge in [0.15, 0.2) is 0 Å². The second kappa shape index (κ2) is 7.70. The fourth-order valence-corrected chi connectivity index (χ4v) is 6.09. The molecule has 2 bridgehead atoms. The number of anilines is 3. The van der Waals surface area contributed by atoms with E-state index >= 15 is 0 Å². The normalized spacial score (nSPS) is 25.6.